The van der Waals surface area contributed by atoms with Crippen molar-refractivity contribution in [2.45, 2.75) is 26.3 Å². The van der Waals surface area contributed by atoms with Gasteiger partial charge in [-0.3, -0.25) is 0 Å². The Balaban J connectivity index is 2.94. The number of nitrogens with one attached hydrogen (secondary N) is 1. The summed E-state index contributed by atoms with van der Waals surface area (Å²) in [6.45, 7) is 6.22. The summed E-state index contributed by atoms with van der Waals surface area (Å²) in [5.74, 6) is 0. The number of anilines is 1. The van der Waals surface area contributed by atoms with Crippen LogP contribution in [0.25, 0.3) is 0 Å². The largest absolute Gasteiger partial charge is 0.379 e. The van der Waals surface area contributed by atoms with Crippen LogP contribution in [0.2, 0.25) is 10.0 Å². The van der Waals surface area contributed by atoms with Gasteiger partial charge in [0.2, 0.25) is 0 Å². The van der Waals surface area contributed by atoms with Crippen LogP contribution in [0.5, 0.6) is 0 Å². The predicted octanol–water partition coefficient (Wildman–Crippen LogP) is 4.20. The average Bonchev–Trinajstić information content (AvgIpc) is 1.94. The van der Waals surface area contributed by atoms with Crippen LogP contribution >= 0.6 is 23.2 Å². The SMILES string of the molecule is CC(C)(C)Nc1cc(Cl)ccc1Cl. The molecule has 0 amide bonds. The highest BCUT2D eigenvalue weighted by atomic mass is 35.5. The zero-order valence-corrected chi connectivity index (χ0v) is 9.50. The molecular formula is C10H13Cl2N. The van der Waals surface area contributed by atoms with E-state index in [4.69, 9.17) is 23.2 Å². The van der Waals surface area contributed by atoms with Gasteiger partial charge in [0.25, 0.3) is 0 Å². The first-order chi connectivity index (χ1) is 5.88. The van der Waals surface area contributed by atoms with Gasteiger partial charge in [-0.1, -0.05) is 23.2 Å². The minimum absolute atomic E-state index is 0.00563. The second kappa shape index (κ2) is 3.77. The Morgan fingerprint density at radius 3 is 2.31 bits per heavy atom. The van der Waals surface area contributed by atoms with Crippen LogP contribution < -0.4 is 5.32 Å². The molecule has 1 aromatic carbocycles. The maximum absolute atomic E-state index is 5.98. The molecule has 0 bridgehead atoms. The van der Waals surface area contributed by atoms with E-state index in [1.54, 1.807) is 12.1 Å². The van der Waals surface area contributed by atoms with E-state index in [9.17, 15) is 0 Å². The van der Waals surface area contributed by atoms with E-state index in [2.05, 4.69) is 26.1 Å². The van der Waals surface area contributed by atoms with Crippen molar-refractivity contribution in [3.63, 3.8) is 0 Å². The molecule has 0 aromatic heterocycles. The van der Waals surface area contributed by atoms with Crippen molar-refractivity contribution in [1.82, 2.24) is 0 Å². The lowest BCUT2D eigenvalue weighted by Crippen LogP contribution is -2.26. The van der Waals surface area contributed by atoms with Gasteiger partial charge < -0.3 is 5.32 Å². The molecule has 0 saturated carbocycles. The van der Waals surface area contributed by atoms with Crippen molar-refractivity contribution in [3.8, 4) is 0 Å². The summed E-state index contributed by atoms with van der Waals surface area (Å²) in [6, 6.07) is 5.39. The van der Waals surface area contributed by atoms with Gasteiger partial charge in [-0.05, 0) is 39.0 Å². The van der Waals surface area contributed by atoms with Crippen molar-refractivity contribution in [2.75, 3.05) is 5.32 Å². The van der Waals surface area contributed by atoms with Crippen molar-refractivity contribution < 1.29 is 0 Å². The predicted molar refractivity (Wildman–Crippen MR) is 59.8 cm³/mol. The lowest BCUT2D eigenvalue weighted by Gasteiger charge is -2.23. The zero-order valence-electron chi connectivity index (χ0n) is 7.99. The third kappa shape index (κ3) is 3.45. The van der Waals surface area contributed by atoms with Crippen molar-refractivity contribution >= 4 is 28.9 Å². The van der Waals surface area contributed by atoms with Crippen LogP contribution in [0, 0.1) is 0 Å². The number of rotatable bonds is 1. The van der Waals surface area contributed by atoms with Gasteiger partial charge in [-0.25, -0.2) is 0 Å². The van der Waals surface area contributed by atoms with E-state index < -0.39 is 0 Å². The molecule has 72 valence electrons. The minimum Gasteiger partial charge on any atom is -0.379 e. The van der Waals surface area contributed by atoms with Crippen LogP contribution in [0.1, 0.15) is 20.8 Å². The number of halogens is 2. The molecule has 1 rings (SSSR count). The Morgan fingerprint density at radius 2 is 1.77 bits per heavy atom. The highest BCUT2D eigenvalue weighted by Gasteiger charge is 2.11. The normalized spacial score (nSPS) is 11.5. The Morgan fingerprint density at radius 1 is 1.15 bits per heavy atom. The van der Waals surface area contributed by atoms with Crippen LogP contribution in [-0.2, 0) is 0 Å². The minimum atomic E-state index is -0.00563. The topological polar surface area (TPSA) is 12.0 Å². The van der Waals surface area contributed by atoms with Gasteiger partial charge in [0, 0.05) is 10.6 Å². The van der Waals surface area contributed by atoms with E-state index in [0.29, 0.717) is 10.0 Å². The Kier molecular flexibility index (Phi) is 3.09. The van der Waals surface area contributed by atoms with E-state index >= 15 is 0 Å². The monoisotopic (exact) mass is 217 g/mol. The van der Waals surface area contributed by atoms with E-state index in [-0.39, 0.29) is 5.54 Å². The fourth-order valence-electron chi connectivity index (χ4n) is 0.997. The summed E-state index contributed by atoms with van der Waals surface area (Å²) in [5, 5.41) is 4.66. The van der Waals surface area contributed by atoms with Crippen molar-refractivity contribution in [1.29, 1.82) is 0 Å². The number of benzene rings is 1. The molecule has 0 aliphatic carbocycles. The van der Waals surface area contributed by atoms with Crippen LogP contribution in [-0.4, -0.2) is 5.54 Å². The van der Waals surface area contributed by atoms with Gasteiger partial charge in [-0.2, -0.15) is 0 Å². The quantitative estimate of drug-likeness (QED) is 0.744. The molecule has 0 aliphatic heterocycles. The molecule has 0 spiro atoms. The summed E-state index contributed by atoms with van der Waals surface area (Å²) < 4.78 is 0. The number of hydrogen-bond acceptors (Lipinski definition) is 1. The first-order valence-electron chi connectivity index (χ1n) is 4.12. The van der Waals surface area contributed by atoms with Gasteiger partial charge in [0.05, 0.1) is 10.7 Å². The molecule has 0 fully saturated rings. The molecule has 3 heteroatoms. The molecule has 1 aromatic rings. The maximum atomic E-state index is 5.98. The molecular weight excluding hydrogens is 205 g/mol. The average molecular weight is 218 g/mol. The molecule has 0 aliphatic rings. The van der Waals surface area contributed by atoms with Gasteiger partial charge in [0.1, 0.15) is 0 Å². The maximum Gasteiger partial charge on any atom is 0.0638 e. The molecule has 0 unspecified atom stereocenters. The van der Waals surface area contributed by atoms with Gasteiger partial charge in [0.15, 0.2) is 0 Å². The highest BCUT2D eigenvalue weighted by Crippen LogP contribution is 2.27. The Hall–Kier alpha value is -0.400. The Bertz CT molecular complexity index is 302. The highest BCUT2D eigenvalue weighted by molar-refractivity contribution is 6.35. The number of hydrogen-bond donors (Lipinski definition) is 1. The third-order valence-corrected chi connectivity index (χ3v) is 2.00. The van der Waals surface area contributed by atoms with Gasteiger partial charge >= 0.3 is 0 Å². The smallest absolute Gasteiger partial charge is 0.0638 e. The second-order valence-corrected chi connectivity index (χ2v) is 4.84. The van der Waals surface area contributed by atoms with E-state index in [1.807, 2.05) is 6.07 Å². The standard InChI is InChI=1S/C10H13Cl2N/c1-10(2,3)13-9-6-7(11)4-5-8(9)12/h4-6,13H,1-3H3. The van der Waals surface area contributed by atoms with Crippen LogP contribution in [0.15, 0.2) is 18.2 Å². The molecule has 0 atom stereocenters. The second-order valence-electron chi connectivity index (χ2n) is 4.00. The first kappa shape index (κ1) is 10.7. The summed E-state index contributed by atoms with van der Waals surface area (Å²) in [4.78, 5) is 0. The lowest BCUT2D eigenvalue weighted by atomic mass is 10.1. The summed E-state index contributed by atoms with van der Waals surface area (Å²) in [6.07, 6.45) is 0. The Labute approximate surface area is 89.0 Å². The summed E-state index contributed by atoms with van der Waals surface area (Å²) in [5.41, 5.74) is 0.871. The zero-order chi connectivity index (χ0) is 10.1. The van der Waals surface area contributed by atoms with Crippen molar-refractivity contribution in [2.24, 2.45) is 0 Å². The van der Waals surface area contributed by atoms with Crippen LogP contribution in [0.3, 0.4) is 0 Å². The molecule has 0 heterocycles. The molecule has 1 nitrogen and oxygen atoms in total. The van der Waals surface area contributed by atoms with Crippen molar-refractivity contribution in [3.05, 3.63) is 28.2 Å². The van der Waals surface area contributed by atoms with Gasteiger partial charge in [-0.15, -0.1) is 0 Å². The molecule has 0 saturated heterocycles. The fraction of sp³-hybridized carbons (Fsp3) is 0.400. The summed E-state index contributed by atoms with van der Waals surface area (Å²) >= 11 is 11.8. The van der Waals surface area contributed by atoms with E-state index in [0.717, 1.165) is 5.69 Å². The molecule has 0 radical (unpaired) electrons. The summed E-state index contributed by atoms with van der Waals surface area (Å²) in [7, 11) is 0. The van der Waals surface area contributed by atoms with E-state index in [1.165, 1.54) is 0 Å². The molecule has 1 N–H and O–H groups in total. The first-order valence-corrected chi connectivity index (χ1v) is 4.87. The van der Waals surface area contributed by atoms with Crippen LogP contribution in [0.4, 0.5) is 5.69 Å². The fourth-order valence-corrected chi connectivity index (χ4v) is 1.33. The molecule has 13 heavy (non-hydrogen) atoms. The lowest BCUT2D eigenvalue weighted by molar-refractivity contribution is 0.634. The third-order valence-electron chi connectivity index (χ3n) is 1.44.